The third-order valence-electron chi connectivity index (χ3n) is 4.37. The van der Waals surface area contributed by atoms with Crippen molar-refractivity contribution in [2.45, 2.75) is 52.0 Å². The number of aryl methyl sites for hydroxylation is 1. The number of anilines is 1. The van der Waals surface area contributed by atoms with Gasteiger partial charge in [-0.25, -0.2) is 24.5 Å². The first-order chi connectivity index (χ1) is 12.7. The molecule has 1 fully saturated rings. The molecule has 0 aliphatic carbocycles. The first kappa shape index (κ1) is 19.2. The fourth-order valence-corrected chi connectivity index (χ4v) is 3.89. The van der Waals surface area contributed by atoms with E-state index in [2.05, 4.69) is 20.3 Å². The summed E-state index contributed by atoms with van der Waals surface area (Å²) >= 11 is 1.32. The van der Waals surface area contributed by atoms with E-state index in [1.165, 1.54) is 16.2 Å². The summed E-state index contributed by atoms with van der Waals surface area (Å²) in [4.78, 5) is 39.3. The van der Waals surface area contributed by atoms with Crippen LogP contribution in [0.5, 0.6) is 0 Å². The van der Waals surface area contributed by atoms with Gasteiger partial charge in [0, 0.05) is 18.2 Å². The summed E-state index contributed by atoms with van der Waals surface area (Å²) in [6.07, 6.45) is 2.88. The molecule has 27 heavy (non-hydrogen) atoms. The van der Waals surface area contributed by atoms with Crippen molar-refractivity contribution in [2.24, 2.45) is 0 Å². The van der Waals surface area contributed by atoms with Crippen LogP contribution < -0.4 is 5.32 Å². The first-order valence-electron chi connectivity index (χ1n) is 8.78. The zero-order valence-electron chi connectivity index (χ0n) is 15.8. The maximum Gasteiger partial charge on any atom is 0.326 e. The lowest BCUT2D eigenvalue weighted by atomic mass is 9.95. The molecule has 0 bridgehead atoms. The summed E-state index contributed by atoms with van der Waals surface area (Å²) in [5.74, 6) is -0.242. The predicted molar refractivity (Wildman–Crippen MR) is 103 cm³/mol. The van der Waals surface area contributed by atoms with Gasteiger partial charge in [-0.3, -0.25) is 5.32 Å². The molecule has 9 heteroatoms. The molecule has 3 heterocycles. The van der Waals surface area contributed by atoms with E-state index >= 15 is 0 Å². The van der Waals surface area contributed by atoms with Gasteiger partial charge in [0.1, 0.15) is 11.9 Å². The molecular formula is C18H23N5O3S. The highest BCUT2D eigenvalue weighted by atomic mass is 32.1. The molecule has 2 amide bonds. The van der Waals surface area contributed by atoms with Crippen molar-refractivity contribution in [2.75, 3.05) is 11.9 Å². The highest BCUT2D eigenvalue weighted by molar-refractivity contribution is 7.19. The van der Waals surface area contributed by atoms with E-state index in [9.17, 15) is 14.7 Å². The molecule has 2 aromatic heterocycles. The number of carbonyl (C=O) groups is 2. The van der Waals surface area contributed by atoms with Crippen LogP contribution in [0.2, 0.25) is 0 Å². The van der Waals surface area contributed by atoms with Crippen molar-refractivity contribution in [3.63, 3.8) is 0 Å². The minimum Gasteiger partial charge on any atom is -0.480 e. The molecule has 1 atom stereocenters. The smallest absolute Gasteiger partial charge is 0.326 e. The van der Waals surface area contributed by atoms with Crippen LogP contribution in [0.15, 0.2) is 12.3 Å². The number of thiazole rings is 1. The molecule has 0 radical (unpaired) electrons. The molecule has 2 N–H and O–H groups in total. The average Bonchev–Trinajstić information content (AvgIpc) is 3.21. The SMILES string of the molecule is Cc1nc(NC(=O)N2CCC[C@H]2C(=O)O)sc1-c1ccnc(C(C)(C)C)n1. The van der Waals surface area contributed by atoms with Gasteiger partial charge < -0.3 is 10.0 Å². The topological polar surface area (TPSA) is 108 Å². The van der Waals surface area contributed by atoms with E-state index < -0.39 is 18.0 Å². The van der Waals surface area contributed by atoms with Gasteiger partial charge in [-0.15, -0.1) is 0 Å². The summed E-state index contributed by atoms with van der Waals surface area (Å²) in [6, 6.07) is 0.613. The number of rotatable bonds is 3. The number of aromatic nitrogens is 3. The van der Waals surface area contributed by atoms with Crippen LogP contribution in [0.4, 0.5) is 9.93 Å². The molecule has 0 spiro atoms. The number of hydrogen-bond donors (Lipinski definition) is 2. The largest absolute Gasteiger partial charge is 0.480 e. The lowest BCUT2D eigenvalue weighted by Crippen LogP contribution is -2.42. The quantitative estimate of drug-likeness (QED) is 0.834. The number of aliphatic carboxylic acids is 1. The number of hydrogen-bond acceptors (Lipinski definition) is 6. The Hall–Kier alpha value is -2.55. The van der Waals surface area contributed by atoms with Gasteiger partial charge in [-0.1, -0.05) is 32.1 Å². The molecule has 2 aromatic rings. The second-order valence-electron chi connectivity index (χ2n) is 7.57. The summed E-state index contributed by atoms with van der Waals surface area (Å²) in [6.45, 7) is 8.43. The number of nitrogens with one attached hydrogen (secondary N) is 1. The number of likely N-dealkylation sites (tertiary alicyclic amines) is 1. The van der Waals surface area contributed by atoms with Crippen LogP contribution in [-0.2, 0) is 10.2 Å². The van der Waals surface area contributed by atoms with Crippen molar-refractivity contribution >= 4 is 28.5 Å². The fraction of sp³-hybridized carbons (Fsp3) is 0.500. The minimum atomic E-state index is -0.977. The Balaban J connectivity index is 1.81. The van der Waals surface area contributed by atoms with Crippen molar-refractivity contribution in [3.05, 3.63) is 23.8 Å². The highest BCUT2D eigenvalue weighted by Crippen LogP contribution is 2.33. The van der Waals surface area contributed by atoms with Crippen molar-refractivity contribution < 1.29 is 14.7 Å². The highest BCUT2D eigenvalue weighted by Gasteiger charge is 2.34. The summed E-state index contributed by atoms with van der Waals surface area (Å²) in [7, 11) is 0. The average molecular weight is 389 g/mol. The molecule has 8 nitrogen and oxygen atoms in total. The van der Waals surface area contributed by atoms with Crippen molar-refractivity contribution in [1.29, 1.82) is 0 Å². The molecule has 1 aliphatic heterocycles. The van der Waals surface area contributed by atoms with Crippen LogP contribution in [0, 0.1) is 6.92 Å². The Kier molecular flexibility index (Phi) is 5.14. The molecule has 0 unspecified atom stereocenters. The molecule has 0 aromatic carbocycles. The van der Waals surface area contributed by atoms with E-state index in [0.717, 1.165) is 22.1 Å². The second-order valence-corrected chi connectivity index (χ2v) is 8.57. The monoisotopic (exact) mass is 389 g/mol. The van der Waals surface area contributed by atoms with E-state index in [1.807, 2.05) is 33.8 Å². The molecule has 0 saturated carbocycles. The normalized spacial score (nSPS) is 17.2. The van der Waals surface area contributed by atoms with E-state index in [4.69, 9.17) is 0 Å². The van der Waals surface area contributed by atoms with Crippen LogP contribution in [-0.4, -0.2) is 49.5 Å². The summed E-state index contributed by atoms with van der Waals surface area (Å²) < 4.78 is 0. The van der Waals surface area contributed by atoms with E-state index in [-0.39, 0.29) is 5.41 Å². The number of amides is 2. The number of carboxylic acids is 1. The molecule has 1 aliphatic rings. The van der Waals surface area contributed by atoms with Gasteiger partial charge in [-0.05, 0) is 25.8 Å². The van der Waals surface area contributed by atoms with Gasteiger partial charge in [0.2, 0.25) is 0 Å². The van der Waals surface area contributed by atoms with Gasteiger partial charge in [0.25, 0.3) is 0 Å². The zero-order chi connectivity index (χ0) is 19.8. The number of carbonyl (C=O) groups excluding carboxylic acids is 1. The van der Waals surface area contributed by atoms with Crippen LogP contribution in [0.25, 0.3) is 10.6 Å². The third kappa shape index (κ3) is 4.08. The predicted octanol–water partition coefficient (Wildman–Crippen LogP) is 3.29. The number of nitrogens with zero attached hydrogens (tertiary/aromatic N) is 4. The van der Waals surface area contributed by atoms with Crippen molar-refractivity contribution in [1.82, 2.24) is 19.9 Å². The zero-order valence-corrected chi connectivity index (χ0v) is 16.6. The van der Waals surface area contributed by atoms with Crippen LogP contribution in [0.3, 0.4) is 0 Å². The maximum atomic E-state index is 12.5. The minimum absolute atomic E-state index is 0.173. The number of urea groups is 1. The molecule has 1 saturated heterocycles. The summed E-state index contributed by atoms with van der Waals surface area (Å²) in [5.41, 5.74) is 1.34. The Labute approximate surface area is 161 Å². The molecule has 144 valence electrons. The number of carboxylic acid groups (broad SMARTS) is 1. The maximum absolute atomic E-state index is 12.5. The second kappa shape index (κ2) is 7.22. The standard InChI is InChI=1S/C18H23N5O3S/c1-10-13(11-7-8-19-15(21-11)18(2,3)4)27-16(20-10)22-17(26)23-9-5-6-12(23)14(24)25/h7-8,12H,5-6,9H2,1-4H3,(H,24,25)(H,20,22,26)/t12-/m0/s1. The third-order valence-corrected chi connectivity index (χ3v) is 5.46. The van der Waals surface area contributed by atoms with Gasteiger partial charge in [0.05, 0.1) is 16.3 Å². The lowest BCUT2D eigenvalue weighted by molar-refractivity contribution is -0.141. The Morgan fingerprint density at radius 2 is 2.07 bits per heavy atom. The van der Waals surface area contributed by atoms with Gasteiger partial charge >= 0.3 is 12.0 Å². The van der Waals surface area contributed by atoms with Crippen molar-refractivity contribution in [3.8, 4) is 10.6 Å². The first-order valence-corrected chi connectivity index (χ1v) is 9.60. The Bertz CT molecular complexity index is 874. The van der Waals surface area contributed by atoms with Gasteiger partial charge in [-0.2, -0.15) is 0 Å². The fourth-order valence-electron chi connectivity index (χ4n) is 2.96. The Morgan fingerprint density at radius 3 is 2.74 bits per heavy atom. The van der Waals surface area contributed by atoms with Crippen LogP contribution in [0.1, 0.15) is 45.1 Å². The Morgan fingerprint density at radius 1 is 1.33 bits per heavy atom. The van der Waals surface area contributed by atoms with Gasteiger partial charge in [0.15, 0.2) is 5.13 Å². The van der Waals surface area contributed by atoms with E-state index in [1.54, 1.807) is 6.20 Å². The van der Waals surface area contributed by atoms with E-state index in [0.29, 0.717) is 24.5 Å². The molecule has 3 rings (SSSR count). The summed E-state index contributed by atoms with van der Waals surface area (Å²) in [5, 5.41) is 12.4. The van der Waals surface area contributed by atoms with Crippen LogP contribution >= 0.6 is 11.3 Å². The molecular weight excluding hydrogens is 366 g/mol. The lowest BCUT2D eigenvalue weighted by Gasteiger charge is -2.20.